The zero-order valence-electron chi connectivity index (χ0n) is 7.98. The molecular weight excluding hydrogens is 200 g/mol. The van der Waals surface area contributed by atoms with E-state index in [2.05, 4.69) is 0 Å². The largest absolute Gasteiger partial charge is 0.497 e. The number of carbonyl (C=O) groups is 2. The lowest BCUT2D eigenvalue weighted by atomic mass is 10.1. The summed E-state index contributed by atoms with van der Waals surface area (Å²) in [6.07, 6.45) is 0. The molecule has 15 heavy (non-hydrogen) atoms. The summed E-state index contributed by atoms with van der Waals surface area (Å²) in [5, 5.41) is 8.47. The van der Waals surface area contributed by atoms with Crippen molar-refractivity contribution in [1.82, 2.24) is 5.48 Å². The monoisotopic (exact) mass is 210 g/mol. The van der Waals surface area contributed by atoms with E-state index in [0.29, 0.717) is 5.75 Å². The quantitative estimate of drug-likeness (QED) is 0.479. The summed E-state index contributed by atoms with van der Waals surface area (Å²) >= 11 is 0. The average Bonchev–Trinajstić information content (AvgIpc) is 2.26. The molecule has 1 aromatic carbocycles. The van der Waals surface area contributed by atoms with Gasteiger partial charge >= 0.3 is 0 Å². The van der Waals surface area contributed by atoms with E-state index in [-0.39, 0.29) is 11.1 Å². The Morgan fingerprint density at radius 1 is 1.40 bits per heavy atom. The minimum atomic E-state index is -0.817. The predicted molar refractivity (Wildman–Crippen MR) is 50.8 cm³/mol. The highest BCUT2D eigenvalue weighted by molar-refractivity contribution is 6.06. The molecule has 0 aliphatic heterocycles. The highest BCUT2D eigenvalue weighted by Crippen LogP contribution is 2.17. The summed E-state index contributed by atoms with van der Waals surface area (Å²) in [6, 6.07) is 4.16. The first kappa shape index (κ1) is 11.0. The number of hydroxylamine groups is 1. The third kappa shape index (κ3) is 2.23. The molecule has 1 rings (SSSR count). The lowest BCUT2D eigenvalue weighted by molar-refractivity contribution is 0.0702. The lowest BCUT2D eigenvalue weighted by Crippen LogP contribution is -2.24. The smallest absolute Gasteiger partial charge is 0.275 e. The summed E-state index contributed by atoms with van der Waals surface area (Å²) in [5.74, 6) is -1.18. The standard InChI is InChI=1S/C9H10N2O4/c1-15-5-2-3-6(8(10)12)7(4-5)9(13)11-14/h2-4,14H,1H3,(H2,10,12)(H,11,13). The van der Waals surface area contributed by atoms with E-state index in [1.165, 1.54) is 30.8 Å². The number of amides is 2. The van der Waals surface area contributed by atoms with Crippen molar-refractivity contribution in [1.29, 1.82) is 0 Å². The van der Waals surface area contributed by atoms with E-state index in [0.717, 1.165) is 0 Å². The number of ether oxygens (including phenoxy) is 1. The van der Waals surface area contributed by atoms with Gasteiger partial charge < -0.3 is 10.5 Å². The van der Waals surface area contributed by atoms with Crippen molar-refractivity contribution in [3.8, 4) is 5.75 Å². The Kier molecular flexibility index (Phi) is 3.25. The molecule has 0 radical (unpaired) electrons. The van der Waals surface area contributed by atoms with Crippen molar-refractivity contribution in [2.75, 3.05) is 7.11 Å². The third-order valence-electron chi connectivity index (χ3n) is 1.84. The van der Waals surface area contributed by atoms with Gasteiger partial charge in [0.15, 0.2) is 0 Å². The molecule has 4 N–H and O–H groups in total. The van der Waals surface area contributed by atoms with Gasteiger partial charge in [0.05, 0.1) is 18.2 Å². The first-order chi connectivity index (χ1) is 7.10. The summed E-state index contributed by atoms with van der Waals surface area (Å²) in [5.41, 5.74) is 6.46. The molecule has 2 amide bonds. The van der Waals surface area contributed by atoms with Gasteiger partial charge in [0.1, 0.15) is 5.75 Å². The van der Waals surface area contributed by atoms with Gasteiger partial charge in [-0.2, -0.15) is 0 Å². The molecule has 0 fully saturated rings. The highest BCUT2D eigenvalue weighted by atomic mass is 16.5. The maximum Gasteiger partial charge on any atom is 0.275 e. The minimum Gasteiger partial charge on any atom is -0.497 e. The number of methoxy groups -OCH3 is 1. The molecule has 0 unspecified atom stereocenters. The number of primary amides is 1. The van der Waals surface area contributed by atoms with E-state index in [4.69, 9.17) is 15.7 Å². The number of hydrogen-bond donors (Lipinski definition) is 3. The molecule has 0 atom stereocenters. The van der Waals surface area contributed by atoms with Crippen LogP contribution in [-0.2, 0) is 0 Å². The van der Waals surface area contributed by atoms with E-state index >= 15 is 0 Å². The molecular formula is C9H10N2O4. The van der Waals surface area contributed by atoms with Gasteiger partial charge in [-0.15, -0.1) is 0 Å². The van der Waals surface area contributed by atoms with E-state index in [9.17, 15) is 9.59 Å². The molecule has 0 aliphatic rings. The van der Waals surface area contributed by atoms with Gasteiger partial charge in [-0.25, -0.2) is 5.48 Å². The van der Waals surface area contributed by atoms with Crippen LogP contribution >= 0.6 is 0 Å². The zero-order chi connectivity index (χ0) is 11.4. The van der Waals surface area contributed by atoms with E-state index in [1.807, 2.05) is 0 Å². The lowest BCUT2D eigenvalue weighted by Gasteiger charge is -2.06. The van der Waals surface area contributed by atoms with Gasteiger partial charge in [-0.1, -0.05) is 0 Å². The van der Waals surface area contributed by atoms with Crippen LogP contribution in [0.5, 0.6) is 5.75 Å². The number of hydrogen-bond acceptors (Lipinski definition) is 4. The van der Waals surface area contributed by atoms with Crippen LogP contribution in [0.25, 0.3) is 0 Å². The van der Waals surface area contributed by atoms with Crippen LogP contribution in [-0.4, -0.2) is 24.1 Å². The second-order valence-electron chi connectivity index (χ2n) is 2.72. The molecule has 0 heterocycles. The fourth-order valence-corrected chi connectivity index (χ4v) is 1.11. The SMILES string of the molecule is COc1ccc(C(N)=O)c(C(=O)NO)c1. The Balaban J connectivity index is 3.28. The van der Waals surface area contributed by atoms with Crippen LogP contribution in [0.15, 0.2) is 18.2 Å². The second kappa shape index (κ2) is 4.43. The first-order valence-corrected chi connectivity index (χ1v) is 4.02. The van der Waals surface area contributed by atoms with Crippen molar-refractivity contribution in [3.63, 3.8) is 0 Å². The van der Waals surface area contributed by atoms with Crippen LogP contribution in [0, 0.1) is 0 Å². The zero-order valence-corrected chi connectivity index (χ0v) is 7.98. The van der Waals surface area contributed by atoms with Crippen LogP contribution < -0.4 is 16.0 Å². The molecule has 0 spiro atoms. The second-order valence-corrected chi connectivity index (χ2v) is 2.72. The summed E-state index contributed by atoms with van der Waals surface area (Å²) in [6.45, 7) is 0. The third-order valence-corrected chi connectivity index (χ3v) is 1.84. The van der Waals surface area contributed by atoms with Gasteiger partial charge in [0.2, 0.25) is 5.91 Å². The van der Waals surface area contributed by atoms with Crippen LogP contribution in [0.1, 0.15) is 20.7 Å². The molecule has 0 aromatic heterocycles. The first-order valence-electron chi connectivity index (χ1n) is 4.02. The van der Waals surface area contributed by atoms with Crippen LogP contribution in [0.3, 0.4) is 0 Å². The van der Waals surface area contributed by atoms with E-state index in [1.54, 1.807) is 0 Å². The van der Waals surface area contributed by atoms with Gasteiger partial charge in [-0.05, 0) is 18.2 Å². The molecule has 0 saturated heterocycles. The summed E-state index contributed by atoms with van der Waals surface area (Å²) in [7, 11) is 1.42. The Bertz CT molecular complexity index is 403. The van der Waals surface area contributed by atoms with Crippen molar-refractivity contribution in [2.45, 2.75) is 0 Å². The normalized spacial score (nSPS) is 9.47. The number of nitrogens with two attached hydrogens (primary N) is 1. The maximum atomic E-state index is 11.2. The molecule has 80 valence electrons. The predicted octanol–water partition coefficient (Wildman–Crippen LogP) is -0.0869. The molecule has 0 aliphatic carbocycles. The molecule has 6 heteroatoms. The Morgan fingerprint density at radius 2 is 2.07 bits per heavy atom. The number of nitrogens with one attached hydrogen (secondary N) is 1. The average molecular weight is 210 g/mol. The Morgan fingerprint density at radius 3 is 2.53 bits per heavy atom. The summed E-state index contributed by atoms with van der Waals surface area (Å²) in [4.78, 5) is 22.1. The van der Waals surface area contributed by atoms with Crippen LogP contribution in [0.4, 0.5) is 0 Å². The molecule has 1 aromatic rings. The van der Waals surface area contributed by atoms with Gasteiger partial charge in [0.25, 0.3) is 5.91 Å². The van der Waals surface area contributed by atoms with Gasteiger partial charge in [0, 0.05) is 0 Å². The Hall–Kier alpha value is -2.08. The Labute approximate surface area is 85.6 Å². The molecule has 6 nitrogen and oxygen atoms in total. The summed E-state index contributed by atoms with van der Waals surface area (Å²) < 4.78 is 4.87. The molecule has 0 bridgehead atoms. The number of rotatable bonds is 3. The van der Waals surface area contributed by atoms with Crippen LogP contribution in [0.2, 0.25) is 0 Å². The fourth-order valence-electron chi connectivity index (χ4n) is 1.11. The number of benzene rings is 1. The highest BCUT2D eigenvalue weighted by Gasteiger charge is 2.15. The number of carbonyl (C=O) groups excluding carboxylic acids is 2. The van der Waals surface area contributed by atoms with Crippen molar-refractivity contribution < 1.29 is 19.5 Å². The topological polar surface area (TPSA) is 102 Å². The molecule has 0 saturated carbocycles. The van der Waals surface area contributed by atoms with Crippen molar-refractivity contribution in [3.05, 3.63) is 29.3 Å². The van der Waals surface area contributed by atoms with E-state index < -0.39 is 11.8 Å². The van der Waals surface area contributed by atoms with Gasteiger partial charge in [-0.3, -0.25) is 14.8 Å². The van der Waals surface area contributed by atoms with Crippen molar-refractivity contribution in [2.24, 2.45) is 5.73 Å². The minimum absolute atomic E-state index is 0.0161. The maximum absolute atomic E-state index is 11.2. The fraction of sp³-hybridized carbons (Fsp3) is 0.111. The van der Waals surface area contributed by atoms with Crippen molar-refractivity contribution >= 4 is 11.8 Å².